The van der Waals surface area contributed by atoms with Crippen molar-refractivity contribution < 1.29 is 4.42 Å². The lowest BCUT2D eigenvalue weighted by Gasteiger charge is -2.36. The van der Waals surface area contributed by atoms with E-state index in [2.05, 4.69) is 31.0 Å². The topological polar surface area (TPSA) is 42.4 Å². The largest absolute Gasteiger partial charge is 0.459 e. The molecule has 1 aromatic carbocycles. The van der Waals surface area contributed by atoms with Gasteiger partial charge in [-0.25, -0.2) is 0 Å². The Hall–Kier alpha value is -1.32. The van der Waals surface area contributed by atoms with Crippen LogP contribution in [0, 0.1) is 5.92 Å². The van der Waals surface area contributed by atoms with Crippen molar-refractivity contribution in [1.29, 1.82) is 0 Å². The van der Waals surface area contributed by atoms with Crippen LogP contribution in [0.15, 0.2) is 28.7 Å². The minimum Gasteiger partial charge on any atom is -0.459 e. The second-order valence-corrected chi connectivity index (χ2v) is 6.45. The van der Waals surface area contributed by atoms with Crippen LogP contribution < -0.4 is 5.73 Å². The molecule has 1 aliphatic carbocycles. The molecule has 3 rings (SSSR count). The van der Waals surface area contributed by atoms with Crippen molar-refractivity contribution in [3.8, 4) is 0 Å². The zero-order valence-corrected chi connectivity index (χ0v) is 13.1. The van der Waals surface area contributed by atoms with Crippen molar-refractivity contribution in [1.82, 2.24) is 4.90 Å². The number of hydrogen-bond acceptors (Lipinski definition) is 3. The summed E-state index contributed by atoms with van der Waals surface area (Å²) in [5, 5.41) is 1.22. The first-order chi connectivity index (χ1) is 10.2. The van der Waals surface area contributed by atoms with Crippen LogP contribution in [0.5, 0.6) is 0 Å². The molecule has 0 spiro atoms. The van der Waals surface area contributed by atoms with Crippen LogP contribution in [0.4, 0.5) is 0 Å². The molecule has 1 saturated carbocycles. The minimum absolute atomic E-state index is 0.470. The fraction of sp³-hybridized carbons (Fsp3) is 0.556. The summed E-state index contributed by atoms with van der Waals surface area (Å²) in [6, 6.07) is 8.94. The summed E-state index contributed by atoms with van der Waals surface area (Å²) in [7, 11) is 2.24. The summed E-state index contributed by atoms with van der Waals surface area (Å²) in [4.78, 5) is 2.50. The first kappa shape index (κ1) is 14.6. The van der Waals surface area contributed by atoms with Crippen LogP contribution in [-0.4, -0.2) is 18.0 Å². The van der Waals surface area contributed by atoms with Gasteiger partial charge in [0.1, 0.15) is 11.3 Å². The second kappa shape index (κ2) is 6.20. The zero-order valence-electron chi connectivity index (χ0n) is 13.1. The Bertz CT molecular complexity index is 604. The fourth-order valence-electron chi connectivity index (χ4n) is 3.81. The molecule has 0 bridgehead atoms. The van der Waals surface area contributed by atoms with Gasteiger partial charge in [-0.3, -0.25) is 4.90 Å². The summed E-state index contributed by atoms with van der Waals surface area (Å²) in [6.45, 7) is 3.79. The molecule has 2 unspecified atom stereocenters. The number of para-hydroxylation sites is 1. The molecule has 1 fully saturated rings. The maximum Gasteiger partial charge on any atom is 0.134 e. The number of nitrogens with zero attached hydrogens (tertiary/aromatic N) is 1. The van der Waals surface area contributed by atoms with E-state index >= 15 is 0 Å². The van der Waals surface area contributed by atoms with Gasteiger partial charge in [0.05, 0.1) is 6.54 Å². The Morgan fingerprint density at radius 1 is 1.24 bits per heavy atom. The average Bonchev–Trinajstić information content (AvgIpc) is 2.86. The monoisotopic (exact) mass is 286 g/mol. The molecule has 2 aromatic rings. The van der Waals surface area contributed by atoms with E-state index in [0.29, 0.717) is 12.6 Å². The van der Waals surface area contributed by atoms with Gasteiger partial charge in [-0.2, -0.15) is 0 Å². The zero-order chi connectivity index (χ0) is 14.8. The predicted molar refractivity (Wildman–Crippen MR) is 87.0 cm³/mol. The quantitative estimate of drug-likeness (QED) is 0.927. The highest BCUT2D eigenvalue weighted by atomic mass is 16.3. The number of furan rings is 1. The molecular weight excluding hydrogens is 260 g/mol. The molecule has 3 nitrogen and oxygen atoms in total. The summed E-state index contributed by atoms with van der Waals surface area (Å²) in [5.41, 5.74) is 8.11. The summed E-state index contributed by atoms with van der Waals surface area (Å²) >= 11 is 0. The second-order valence-electron chi connectivity index (χ2n) is 6.45. The van der Waals surface area contributed by atoms with E-state index in [4.69, 9.17) is 10.2 Å². The Morgan fingerprint density at radius 2 is 2.00 bits per heavy atom. The van der Waals surface area contributed by atoms with Crippen LogP contribution >= 0.6 is 0 Å². The third-order valence-corrected chi connectivity index (χ3v) is 5.01. The highest BCUT2D eigenvalue weighted by Crippen LogP contribution is 2.31. The minimum atomic E-state index is 0.470. The van der Waals surface area contributed by atoms with Crippen LogP contribution in [0.3, 0.4) is 0 Å². The van der Waals surface area contributed by atoms with Crippen molar-refractivity contribution >= 4 is 11.0 Å². The van der Waals surface area contributed by atoms with Gasteiger partial charge in [0.15, 0.2) is 0 Å². The number of hydrogen-bond donors (Lipinski definition) is 1. The molecule has 114 valence electrons. The molecule has 0 aliphatic heterocycles. The number of fused-ring (bicyclic) bond motifs is 1. The average molecular weight is 286 g/mol. The molecule has 21 heavy (non-hydrogen) atoms. The van der Waals surface area contributed by atoms with E-state index < -0.39 is 0 Å². The SMILES string of the molecule is CC1CCCCC1N(C)Cc1c(CN)oc2ccccc12. The highest BCUT2D eigenvalue weighted by molar-refractivity contribution is 5.82. The molecule has 2 N–H and O–H groups in total. The fourth-order valence-corrected chi connectivity index (χ4v) is 3.81. The lowest BCUT2D eigenvalue weighted by molar-refractivity contribution is 0.133. The van der Waals surface area contributed by atoms with Crippen LogP contribution in [0.1, 0.15) is 43.9 Å². The van der Waals surface area contributed by atoms with Crippen molar-refractivity contribution in [2.24, 2.45) is 11.7 Å². The van der Waals surface area contributed by atoms with Gasteiger partial charge >= 0.3 is 0 Å². The maximum absolute atomic E-state index is 5.91. The van der Waals surface area contributed by atoms with Gasteiger partial charge in [0.2, 0.25) is 0 Å². The van der Waals surface area contributed by atoms with Gasteiger partial charge in [-0.15, -0.1) is 0 Å². The summed E-state index contributed by atoms with van der Waals surface area (Å²) in [6.07, 6.45) is 5.40. The van der Waals surface area contributed by atoms with Gasteiger partial charge < -0.3 is 10.2 Å². The first-order valence-corrected chi connectivity index (χ1v) is 8.10. The maximum atomic E-state index is 5.91. The molecule has 1 aliphatic rings. The van der Waals surface area contributed by atoms with E-state index in [-0.39, 0.29) is 0 Å². The Kier molecular flexibility index (Phi) is 4.32. The van der Waals surface area contributed by atoms with E-state index in [9.17, 15) is 0 Å². The van der Waals surface area contributed by atoms with E-state index in [1.807, 2.05) is 12.1 Å². The normalized spacial score (nSPS) is 23.0. The molecule has 3 heteroatoms. The molecular formula is C18H26N2O. The van der Waals surface area contributed by atoms with Gasteiger partial charge in [-0.05, 0) is 31.9 Å². The van der Waals surface area contributed by atoms with Crippen molar-refractivity contribution in [2.75, 3.05) is 7.05 Å². The van der Waals surface area contributed by atoms with Crippen LogP contribution in [0.25, 0.3) is 11.0 Å². The van der Waals surface area contributed by atoms with Gasteiger partial charge in [0.25, 0.3) is 0 Å². The lowest BCUT2D eigenvalue weighted by atomic mass is 9.85. The molecule has 1 aromatic heterocycles. The number of rotatable bonds is 4. The number of benzene rings is 1. The summed E-state index contributed by atoms with van der Waals surface area (Å²) < 4.78 is 5.91. The summed E-state index contributed by atoms with van der Waals surface area (Å²) in [5.74, 6) is 1.72. The molecule has 1 heterocycles. The Balaban J connectivity index is 1.86. The van der Waals surface area contributed by atoms with Crippen molar-refractivity contribution in [2.45, 2.75) is 51.7 Å². The molecule has 0 saturated heterocycles. The van der Waals surface area contributed by atoms with Crippen molar-refractivity contribution in [3.63, 3.8) is 0 Å². The Labute approximate surface area is 127 Å². The molecule has 2 atom stereocenters. The molecule has 0 amide bonds. The van der Waals surface area contributed by atoms with Crippen LogP contribution in [-0.2, 0) is 13.1 Å². The lowest BCUT2D eigenvalue weighted by Crippen LogP contribution is -2.38. The van der Waals surface area contributed by atoms with E-state index in [1.54, 1.807) is 0 Å². The van der Waals surface area contributed by atoms with Gasteiger partial charge in [-0.1, -0.05) is 38.0 Å². The number of nitrogens with two attached hydrogens (primary N) is 1. The molecule has 0 radical (unpaired) electrons. The van der Waals surface area contributed by atoms with Crippen molar-refractivity contribution in [3.05, 3.63) is 35.6 Å². The van der Waals surface area contributed by atoms with Gasteiger partial charge in [0, 0.05) is 23.5 Å². The standard InChI is InChI=1S/C18H26N2O/c1-13-7-3-5-9-16(13)20(2)12-15-14-8-4-6-10-17(14)21-18(15)11-19/h4,6,8,10,13,16H,3,5,7,9,11-12,19H2,1-2H3. The van der Waals surface area contributed by atoms with E-state index in [0.717, 1.165) is 23.8 Å². The highest BCUT2D eigenvalue weighted by Gasteiger charge is 2.26. The van der Waals surface area contributed by atoms with Crippen LogP contribution in [0.2, 0.25) is 0 Å². The van der Waals surface area contributed by atoms with E-state index in [1.165, 1.54) is 36.6 Å². The third kappa shape index (κ3) is 2.85. The predicted octanol–water partition coefficient (Wildman–Crippen LogP) is 3.90. The third-order valence-electron chi connectivity index (χ3n) is 5.01. The Morgan fingerprint density at radius 3 is 2.76 bits per heavy atom. The smallest absolute Gasteiger partial charge is 0.134 e. The first-order valence-electron chi connectivity index (χ1n) is 8.10.